The van der Waals surface area contributed by atoms with Crippen molar-refractivity contribution in [1.29, 1.82) is 0 Å². The van der Waals surface area contributed by atoms with Gasteiger partial charge in [0.05, 0.1) is 27.6 Å². The van der Waals surface area contributed by atoms with Gasteiger partial charge in [0.15, 0.2) is 6.10 Å². The van der Waals surface area contributed by atoms with Crippen molar-refractivity contribution in [2.75, 3.05) is 27.7 Å². The van der Waals surface area contributed by atoms with Gasteiger partial charge in [0.1, 0.15) is 6.54 Å². The van der Waals surface area contributed by atoms with Crippen LogP contribution in [0.3, 0.4) is 0 Å². The SMILES string of the molecule is C[N+](C)(C)CC(CC(=O)O)OC(=O)CCCC/C=C/C=C/CCC(=O)O. The fraction of sp³-hybridized carbons (Fsp3) is 0.632. The molecule has 1 unspecified atom stereocenters. The van der Waals surface area contributed by atoms with E-state index < -0.39 is 18.0 Å². The van der Waals surface area contributed by atoms with E-state index in [1.165, 1.54) is 0 Å². The molecule has 0 aliphatic rings. The van der Waals surface area contributed by atoms with Crippen molar-refractivity contribution in [3.63, 3.8) is 0 Å². The van der Waals surface area contributed by atoms with Gasteiger partial charge in [-0.1, -0.05) is 24.3 Å². The summed E-state index contributed by atoms with van der Waals surface area (Å²) < 4.78 is 5.84. The maximum absolute atomic E-state index is 11.9. The number of unbranched alkanes of at least 4 members (excludes halogenated alkanes) is 2. The molecule has 7 nitrogen and oxygen atoms in total. The molecule has 2 N–H and O–H groups in total. The Morgan fingerprint density at radius 1 is 0.923 bits per heavy atom. The van der Waals surface area contributed by atoms with Crippen LogP contribution in [0.25, 0.3) is 0 Å². The molecule has 0 rings (SSSR count). The molecule has 0 bridgehead atoms. The number of allylic oxidation sites excluding steroid dienone is 4. The van der Waals surface area contributed by atoms with E-state index in [9.17, 15) is 14.4 Å². The van der Waals surface area contributed by atoms with Gasteiger partial charge in [-0.05, 0) is 25.7 Å². The van der Waals surface area contributed by atoms with Gasteiger partial charge in [0.25, 0.3) is 0 Å². The highest BCUT2D eigenvalue weighted by Crippen LogP contribution is 2.09. The number of nitrogens with zero attached hydrogens (tertiary/aromatic N) is 1. The van der Waals surface area contributed by atoms with Crippen molar-refractivity contribution in [3.8, 4) is 0 Å². The summed E-state index contributed by atoms with van der Waals surface area (Å²) in [6.45, 7) is 0.453. The summed E-state index contributed by atoms with van der Waals surface area (Å²) in [6.07, 6.45) is 9.88. The Morgan fingerprint density at radius 2 is 1.54 bits per heavy atom. The number of ether oxygens (including phenoxy) is 1. The molecule has 0 spiro atoms. The number of quaternary nitrogens is 1. The number of hydrogen-bond acceptors (Lipinski definition) is 4. The van der Waals surface area contributed by atoms with Crippen LogP contribution in [0, 0.1) is 0 Å². The lowest BCUT2D eigenvalue weighted by Gasteiger charge is -2.28. The van der Waals surface area contributed by atoms with Gasteiger partial charge in [-0.2, -0.15) is 0 Å². The lowest BCUT2D eigenvalue weighted by atomic mass is 10.1. The second-order valence-electron chi connectivity index (χ2n) is 7.22. The van der Waals surface area contributed by atoms with Gasteiger partial charge in [0.2, 0.25) is 0 Å². The van der Waals surface area contributed by atoms with Crippen LogP contribution in [-0.4, -0.2) is 66.4 Å². The smallest absolute Gasteiger partial charge is 0.307 e. The fourth-order valence-electron chi connectivity index (χ4n) is 2.28. The first kappa shape index (κ1) is 23.9. The number of carbonyl (C=O) groups is 3. The van der Waals surface area contributed by atoms with Crippen molar-refractivity contribution < 1.29 is 33.8 Å². The number of carboxylic acids is 2. The van der Waals surface area contributed by atoms with Gasteiger partial charge >= 0.3 is 17.9 Å². The summed E-state index contributed by atoms with van der Waals surface area (Å²) in [6, 6.07) is 0. The van der Waals surface area contributed by atoms with Gasteiger partial charge in [-0.25, -0.2) is 0 Å². The number of aliphatic carboxylic acids is 2. The van der Waals surface area contributed by atoms with Crippen molar-refractivity contribution in [2.45, 2.75) is 51.0 Å². The first-order valence-corrected chi connectivity index (χ1v) is 8.85. The number of hydrogen-bond donors (Lipinski definition) is 2. The Kier molecular flexibility index (Phi) is 12.0. The highest BCUT2D eigenvalue weighted by Gasteiger charge is 2.24. The Morgan fingerprint density at radius 3 is 2.08 bits per heavy atom. The zero-order valence-electron chi connectivity index (χ0n) is 16.0. The lowest BCUT2D eigenvalue weighted by molar-refractivity contribution is -0.873. The van der Waals surface area contributed by atoms with Crippen LogP contribution in [0.4, 0.5) is 0 Å². The van der Waals surface area contributed by atoms with Crippen LogP contribution < -0.4 is 0 Å². The maximum atomic E-state index is 11.9. The molecule has 0 fully saturated rings. The molecule has 0 amide bonds. The molecule has 1 atom stereocenters. The molecule has 0 aliphatic carbocycles. The standard InChI is InChI=1S/C19H31NO6/c1-20(2,3)15-16(14-18(23)24)26-19(25)13-11-9-7-5-4-6-8-10-12-17(21)22/h4-6,8,16H,7,9-15H2,1-3H3,(H-,21,22,23,24)/p+1/b5-4+,8-6+. The molecule has 0 aromatic carbocycles. The van der Waals surface area contributed by atoms with Gasteiger partial charge in [-0.15, -0.1) is 0 Å². The number of esters is 1. The van der Waals surface area contributed by atoms with E-state index in [0.29, 0.717) is 23.9 Å². The van der Waals surface area contributed by atoms with Crippen LogP contribution in [0.15, 0.2) is 24.3 Å². The number of likely N-dealkylation sites (N-methyl/N-ethyl adjacent to an activating group) is 1. The molecule has 0 radical (unpaired) electrons. The van der Waals surface area contributed by atoms with E-state index in [0.717, 1.165) is 12.8 Å². The molecule has 0 heterocycles. The minimum Gasteiger partial charge on any atom is -0.481 e. The van der Waals surface area contributed by atoms with Gasteiger partial charge in [-0.3, -0.25) is 14.4 Å². The minimum atomic E-state index is -0.974. The third-order valence-corrected chi connectivity index (χ3v) is 3.36. The first-order chi connectivity index (χ1) is 12.1. The second-order valence-corrected chi connectivity index (χ2v) is 7.22. The zero-order valence-corrected chi connectivity index (χ0v) is 16.0. The van der Waals surface area contributed by atoms with Crippen molar-refractivity contribution in [1.82, 2.24) is 0 Å². The Hall–Kier alpha value is -2.15. The Labute approximate surface area is 155 Å². The van der Waals surface area contributed by atoms with Gasteiger partial charge < -0.3 is 19.4 Å². The van der Waals surface area contributed by atoms with Crippen molar-refractivity contribution >= 4 is 17.9 Å². The monoisotopic (exact) mass is 370 g/mol. The maximum Gasteiger partial charge on any atom is 0.307 e. The second kappa shape index (κ2) is 13.1. The number of rotatable bonds is 14. The molecule has 148 valence electrons. The highest BCUT2D eigenvalue weighted by atomic mass is 16.5. The lowest BCUT2D eigenvalue weighted by Crippen LogP contribution is -2.43. The van der Waals surface area contributed by atoms with E-state index in [4.69, 9.17) is 14.9 Å². The molecule has 0 saturated heterocycles. The van der Waals surface area contributed by atoms with Crippen molar-refractivity contribution in [3.05, 3.63) is 24.3 Å². The summed E-state index contributed by atoms with van der Waals surface area (Å²) >= 11 is 0. The third kappa shape index (κ3) is 16.7. The minimum absolute atomic E-state index is 0.128. The molecule has 0 aliphatic heterocycles. The zero-order chi connectivity index (χ0) is 20.0. The Bertz CT molecular complexity index is 505. The van der Waals surface area contributed by atoms with Crippen molar-refractivity contribution in [2.24, 2.45) is 0 Å². The fourth-order valence-corrected chi connectivity index (χ4v) is 2.28. The predicted molar refractivity (Wildman–Crippen MR) is 98.7 cm³/mol. The number of carbonyl (C=O) groups excluding carboxylic acids is 1. The van der Waals surface area contributed by atoms with E-state index in [1.54, 1.807) is 6.08 Å². The molecule has 7 heteroatoms. The van der Waals surface area contributed by atoms with Crippen LogP contribution in [-0.2, 0) is 19.1 Å². The van der Waals surface area contributed by atoms with Crippen LogP contribution in [0.5, 0.6) is 0 Å². The summed E-state index contributed by atoms with van der Waals surface area (Å²) in [5, 5.41) is 17.4. The average Bonchev–Trinajstić information content (AvgIpc) is 2.46. The normalized spacial score (nSPS) is 13.2. The van der Waals surface area contributed by atoms with Crippen LogP contribution in [0.2, 0.25) is 0 Å². The summed E-state index contributed by atoms with van der Waals surface area (Å²) in [7, 11) is 5.77. The summed E-state index contributed by atoms with van der Waals surface area (Å²) in [5.74, 6) is -2.14. The van der Waals surface area contributed by atoms with E-state index in [1.807, 2.05) is 39.4 Å². The third-order valence-electron chi connectivity index (χ3n) is 3.36. The Balaban J connectivity index is 3.98. The van der Waals surface area contributed by atoms with Gasteiger partial charge in [0, 0.05) is 12.8 Å². The van der Waals surface area contributed by atoms with E-state index in [-0.39, 0.29) is 25.2 Å². The summed E-state index contributed by atoms with van der Waals surface area (Å²) in [4.78, 5) is 33.1. The largest absolute Gasteiger partial charge is 0.481 e. The molecular formula is C19H32NO6+. The topological polar surface area (TPSA) is 101 Å². The molecular weight excluding hydrogens is 338 g/mol. The molecule has 0 aromatic rings. The summed E-state index contributed by atoms with van der Waals surface area (Å²) in [5.41, 5.74) is 0. The number of carboxylic acid groups (broad SMARTS) is 2. The molecule has 26 heavy (non-hydrogen) atoms. The van der Waals surface area contributed by atoms with E-state index >= 15 is 0 Å². The molecule has 0 saturated carbocycles. The first-order valence-electron chi connectivity index (χ1n) is 8.85. The van der Waals surface area contributed by atoms with E-state index in [2.05, 4.69) is 0 Å². The average molecular weight is 370 g/mol. The van der Waals surface area contributed by atoms with Crippen LogP contribution in [0.1, 0.15) is 44.9 Å². The highest BCUT2D eigenvalue weighted by molar-refractivity contribution is 5.71. The predicted octanol–water partition coefficient (Wildman–Crippen LogP) is 2.62. The quantitative estimate of drug-likeness (QED) is 0.211. The molecule has 0 aromatic heterocycles. The van der Waals surface area contributed by atoms with Crippen LogP contribution >= 0.6 is 0 Å².